The van der Waals surface area contributed by atoms with Crippen molar-refractivity contribution in [2.45, 2.75) is 6.54 Å². The van der Waals surface area contributed by atoms with Crippen molar-refractivity contribution in [1.29, 1.82) is 0 Å². The molecule has 0 saturated carbocycles. The highest BCUT2D eigenvalue weighted by Crippen LogP contribution is 2.14. The van der Waals surface area contributed by atoms with E-state index in [9.17, 15) is 0 Å². The Morgan fingerprint density at radius 3 is 2.89 bits per heavy atom. The van der Waals surface area contributed by atoms with Crippen LogP contribution in [0.15, 0.2) is 35.8 Å². The predicted octanol–water partition coefficient (Wildman–Crippen LogP) is 2.78. The van der Waals surface area contributed by atoms with E-state index in [2.05, 4.69) is 21.7 Å². The van der Waals surface area contributed by atoms with E-state index in [4.69, 9.17) is 9.47 Å². The van der Waals surface area contributed by atoms with E-state index in [0.29, 0.717) is 19.1 Å². The highest BCUT2D eigenvalue weighted by atomic mass is 32.1. The van der Waals surface area contributed by atoms with Gasteiger partial charge in [-0.2, -0.15) is 0 Å². The maximum absolute atomic E-state index is 5.39. The Morgan fingerprint density at radius 1 is 1.28 bits per heavy atom. The van der Waals surface area contributed by atoms with Crippen molar-refractivity contribution >= 4 is 17.0 Å². The second-order valence-corrected chi connectivity index (χ2v) is 4.69. The molecule has 0 bridgehead atoms. The van der Waals surface area contributed by atoms with E-state index in [1.807, 2.05) is 18.2 Å². The van der Waals surface area contributed by atoms with Crippen LogP contribution in [-0.4, -0.2) is 25.3 Å². The normalized spacial score (nSPS) is 10.3. The molecule has 0 spiro atoms. The molecule has 0 radical (unpaired) electrons. The van der Waals surface area contributed by atoms with Gasteiger partial charge in [-0.05, 0) is 17.5 Å². The number of rotatable bonds is 7. The number of pyridine rings is 1. The Balaban J connectivity index is 1.80. The molecular formula is C13H16N2O2S. The first-order valence-corrected chi connectivity index (χ1v) is 6.60. The number of nitrogens with zero attached hydrogens (tertiary/aromatic N) is 1. The molecule has 0 aliphatic carbocycles. The van der Waals surface area contributed by atoms with Crippen LogP contribution in [0.25, 0.3) is 0 Å². The monoisotopic (exact) mass is 264 g/mol. The molecule has 2 heterocycles. The van der Waals surface area contributed by atoms with Crippen LogP contribution in [0.4, 0.5) is 5.69 Å². The summed E-state index contributed by atoms with van der Waals surface area (Å²) >= 11 is 1.74. The zero-order valence-electron chi connectivity index (χ0n) is 10.3. The van der Waals surface area contributed by atoms with Gasteiger partial charge in [0.15, 0.2) is 0 Å². The number of hydrogen-bond acceptors (Lipinski definition) is 5. The maximum atomic E-state index is 5.39. The lowest BCUT2D eigenvalue weighted by Crippen LogP contribution is -2.05. The molecule has 0 atom stereocenters. The number of aromatic nitrogens is 1. The molecule has 0 aliphatic rings. The molecule has 0 aromatic carbocycles. The van der Waals surface area contributed by atoms with E-state index >= 15 is 0 Å². The molecule has 4 nitrogen and oxygen atoms in total. The van der Waals surface area contributed by atoms with Crippen molar-refractivity contribution < 1.29 is 9.47 Å². The standard InChI is InChI=1S/C13H16N2O2S/c1-16-6-7-17-13-5-4-11(9-15-13)14-10-12-3-2-8-18-12/h2-5,8-9,14H,6-7,10H2,1H3. The van der Waals surface area contributed by atoms with Gasteiger partial charge in [0, 0.05) is 24.6 Å². The summed E-state index contributed by atoms with van der Waals surface area (Å²) in [5.74, 6) is 0.619. The van der Waals surface area contributed by atoms with Gasteiger partial charge in [-0.1, -0.05) is 6.07 Å². The third-order valence-corrected chi connectivity index (χ3v) is 3.20. The summed E-state index contributed by atoms with van der Waals surface area (Å²) in [5.41, 5.74) is 0.988. The van der Waals surface area contributed by atoms with Crippen LogP contribution in [0, 0.1) is 0 Å². The van der Waals surface area contributed by atoms with Crippen molar-refractivity contribution in [3.05, 3.63) is 40.7 Å². The number of hydrogen-bond donors (Lipinski definition) is 1. The number of thiophene rings is 1. The molecular weight excluding hydrogens is 248 g/mol. The van der Waals surface area contributed by atoms with Crippen molar-refractivity contribution in [3.63, 3.8) is 0 Å². The Bertz CT molecular complexity index is 443. The molecule has 0 aliphatic heterocycles. The average Bonchev–Trinajstić information content (AvgIpc) is 2.91. The van der Waals surface area contributed by atoms with Gasteiger partial charge in [0.1, 0.15) is 6.61 Å². The zero-order chi connectivity index (χ0) is 12.6. The fraction of sp³-hybridized carbons (Fsp3) is 0.308. The molecule has 0 unspecified atom stereocenters. The summed E-state index contributed by atoms with van der Waals surface area (Å²) in [6, 6.07) is 7.97. The molecule has 2 aromatic heterocycles. The SMILES string of the molecule is COCCOc1ccc(NCc2cccs2)cn1. The Morgan fingerprint density at radius 2 is 2.22 bits per heavy atom. The summed E-state index contributed by atoms with van der Waals surface area (Å²) in [6.45, 7) is 1.91. The summed E-state index contributed by atoms with van der Waals surface area (Å²) in [7, 11) is 1.65. The molecule has 96 valence electrons. The summed E-state index contributed by atoms with van der Waals surface area (Å²) in [5, 5.41) is 5.38. The van der Waals surface area contributed by atoms with Crippen molar-refractivity contribution in [3.8, 4) is 5.88 Å². The van der Waals surface area contributed by atoms with E-state index in [0.717, 1.165) is 12.2 Å². The smallest absolute Gasteiger partial charge is 0.213 e. The Labute approximate surface area is 111 Å². The molecule has 0 amide bonds. The third-order valence-electron chi connectivity index (χ3n) is 2.32. The fourth-order valence-electron chi connectivity index (χ4n) is 1.40. The molecule has 1 N–H and O–H groups in total. The largest absolute Gasteiger partial charge is 0.475 e. The van der Waals surface area contributed by atoms with Gasteiger partial charge in [0.05, 0.1) is 18.5 Å². The lowest BCUT2D eigenvalue weighted by molar-refractivity contribution is 0.144. The highest BCUT2D eigenvalue weighted by Gasteiger charge is 1.98. The minimum Gasteiger partial charge on any atom is -0.475 e. The molecule has 0 fully saturated rings. The van der Waals surface area contributed by atoms with Gasteiger partial charge < -0.3 is 14.8 Å². The van der Waals surface area contributed by atoms with Crippen LogP contribution in [0.2, 0.25) is 0 Å². The van der Waals surface area contributed by atoms with Gasteiger partial charge >= 0.3 is 0 Å². The Kier molecular flexibility index (Phi) is 4.99. The molecule has 2 rings (SSSR count). The van der Waals surface area contributed by atoms with Crippen LogP contribution >= 0.6 is 11.3 Å². The van der Waals surface area contributed by atoms with Gasteiger partial charge in [-0.25, -0.2) is 4.98 Å². The van der Waals surface area contributed by atoms with E-state index < -0.39 is 0 Å². The van der Waals surface area contributed by atoms with Gasteiger partial charge in [0.2, 0.25) is 5.88 Å². The van der Waals surface area contributed by atoms with Crippen LogP contribution < -0.4 is 10.1 Å². The number of anilines is 1. The minimum atomic E-state index is 0.519. The second-order valence-electron chi connectivity index (χ2n) is 3.66. The topological polar surface area (TPSA) is 43.4 Å². The average molecular weight is 264 g/mol. The van der Waals surface area contributed by atoms with Crippen LogP contribution in [0.3, 0.4) is 0 Å². The van der Waals surface area contributed by atoms with Gasteiger partial charge in [-0.3, -0.25) is 0 Å². The first-order chi connectivity index (χ1) is 8.88. The van der Waals surface area contributed by atoms with E-state index in [-0.39, 0.29) is 0 Å². The minimum absolute atomic E-state index is 0.519. The van der Waals surface area contributed by atoms with Crippen molar-refractivity contribution in [2.24, 2.45) is 0 Å². The van der Waals surface area contributed by atoms with Crippen LogP contribution in [0.1, 0.15) is 4.88 Å². The highest BCUT2D eigenvalue weighted by molar-refractivity contribution is 7.09. The second kappa shape index (κ2) is 6.98. The summed E-state index contributed by atoms with van der Waals surface area (Å²) < 4.78 is 10.3. The van der Waals surface area contributed by atoms with Gasteiger partial charge in [0.25, 0.3) is 0 Å². The summed E-state index contributed by atoms with van der Waals surface area (Å²) in [4.78, 5) is 5.51. The summed E-state index contributed by atoms with van der Waals surface area (Å²) in [6.07, 6.45) is 1.77. The first kappa shape index (κ1) is 12.9. The van der Waals surface area contributed by atoms with Crippen LogP contribution in [0.5, 0.6) is 5.88 Å². The number of nitrogens with one attached hydrogen (secondary N) is 1. The predicted molar refractivity (Wildman–Crippen MR) is 73.3 cm³/mol. The van der Waals surface area contributed by atoms with E-state index in [1.165, 1.54) is 4.88 Å². The van der Waals surface area contributed by atoms with Crippen molar-refractivity contribution in [1.82, 2.24) is 4.98 Å². The Hall–Kier alpha value is -1.59. The quantitative estimate of drug-likeness (QED) is 0.781. The zero-order valence-corrected chi connectivity index (χ0v) is 11.1. The van der Waals surface area contributed by atoms with Crippen molar-refractivity contribution in [2.75, 3.05) is 25.6 Å². The lowest BCUT2D eigenvalue weighted by Gasteiger charge is -2.07. The van der Waals surface area contributed by atoms with E-state index in [1.54, 1.807) is 24.6 Å². The molecule has 2 aromatic rings. The van der Waals surface area contributed by atoms with Crippen LogP contribution in [-0.2, 0) is 11.3 Å². The maximum Gasteiger partial charge on any atom is 0.213 e. The lowest BCUT2D eigenvalue weighted by atomic mass is 10.4. The first-order valence-electron chi connectivity index (χ1n) is 5.72. The third kappa shape index (κ3) is 4.01. The van der Waals surface area contributed by atoms with Gasteiger partial charge in [-0.15, -0.1) is 11.3 Å². The number of ether oxygens (including phenoxy) is 2. The molecule has 18 heavy (non-hydrogen) atoms. The number of methoxy groups -OCH3 is 1. The fourth-order valence-corrected chi connectivity index (χ4v) is 2.05. The molecule has 0 saturated heterocycles. The molecule has 5 heteroatoms.